The molecule has 5 rings (SSSR count). The Bertz CT molecular complexity index is 866. The number of likely N-dealkylation sites (tertiary alicyclic amines) is 1. The van der Waals surface area contributed by atoms with Gasteiger partial charge in [-0.15, -0.1) is 10.2 Å². The van der Waals surface area contributed by atoms with Crippen LogP contribution in [0.25, 0.3) is 0 Å². The average Bonchev–Trinajstić information content (AvgIpc) is 3.37. The van der Waals surface area contributed by atoms with Crippen molar-refractivity contribution in [1.29, 1.82) is 0 Å². The fourth-order valence-corrected chi connectivity index (χ4v) is 4.32. The zero-order chi connectivity index (χ0) is 19.3. The number of nitrogens with zero attached hydrogens (tertiary/aromatic N) is 7. The standard InChI is InChI=1S/C20H25N7O/c1-25(2)18-6-5-16(23-24-18)20(28)27-10-14-8-26(9-15(14)11-27)19-7-17(13-3-4-13)21-12-22-19/h5-7,12-15H,3-4,8-11H2,1-2H3. The predicted molar refractivity (Wildman–Crippen MR) is 105 cm³/mol. The minimum Gasteiger partial charge on any atom is -0.361 e. The highest BCUT2D eigenvalue weighted by atomic mass is 16.2. The minimum absolute atomic E-state index is 0.0168. The van der Waals surface area contributed by atoms with Crippen molar-refractivity contribution in [3.8, 4) is 0 Å². The molecule has 0 bridgehead atoms. The molecular weight excluding hydrogens is 354 g/mol. The molecule has 0 spiro atoms. The lowest BCUT2D eigenvalue weighted by atomic mass is 10.0. The van der Waals surface area contributed by atoms with Crippen LogP contribution in [0.4, 0.5) is 11.6 Å². The molecule has 2 aromatic heterocycles. The summed E-state index contributed by atoms with van der Waals surface area (Å²) in [4.78, 5) is 27.9. The molecule has 4 heterocycles. The van der Waals surface area contributed by atoms with E-state index in [2.05, 4.69) is 31.1 Å². The number of amides is 1. The van der Waals surface area contributed by atoms with Crippen molar-refractivity contribution in [1.82, 2.24) is 25.1 Å². The van der Waals surface area contributed by atoms with Gasteiger partial charge in [-0.25, -0.2) is 9.97 Å². The van der Waals surface area contributed by atoms with Crippen molar-refractivity contribution in [3.05, 3.63) is 35.9 Å². The Kier molecular flexibility index (Phi) is 4.14. The third kappa shape index (κ3) is 3.16. The Morgan fingerprint density at radius 3 is 2.39 bits per heavy atom. The Morgan fingerprint density at radius 2 is 1.79 bits per heavy atom. The molecule has 28 heavy (non-hydrogen) atoms. The van der Waals surface area contributed by atoms with Crippen molar-refractivity contribution in [3.63, 3.8) is 0 Å². The summed E-state index contributed by atoms with van der Waals surface area (Å²) in [6.45, 7) is 3.44. The van der Waals surface area contributed by atoms with Gasteiger partial charge in [-0.1, -0.05) is 0 Å². The van der Waals surface area contributed by atoms with Gasteiger partial charge in [-0.05, 0) is 25.0 Å². The van der Waals surface area contributed by atoms with Crippen molar-refractivity contribution in [2.45, 2.75) is 18.8 Å². The molecule has 1 aliphatic carbocycles. The number of aromatic nitrogens is 4. The highest BCUT2D eigenvalue weighted by molar-refractivity contribution is 5.92. The predicted octanol–water partition coefficient (Wildman–Crippen LogP) is 1.42. The maximum atomic E-state index is 12.8. The maximum Gasteiger partial charge on any atom is 0.274 e. The Balaban J connectivity index is 1.23. The first-order chi connectivity index (χ1) is 13.6. The summed E-state index contributed by atoms with van der Waals surface area (Å²) in [5.74, 6) is 3.37. The molecule has 2 saturated heterocycles. The fourth-order valence-electron chi connectivity index (χ4n) is 4.32. The molecule has 8 nitrogen and oxygen atoms in total. The summed E-state index contributed by atoms with van der Waals surface area (Å²) < 4.78 is 0. The van der Waals surface area contributed by atoms with E-state index in [1.807, 2.05) is 30.0 Å². The zero-order valence-corrected chi connectivity index (χ0v) is 16.3. The van der Waals surface area contributed by atoms with E-state index in [4.69, 9.17) is 0 Å². The van der Waals surface area contributed by atoms with Gasteiger partial charge in [-0.3, -0.25) is 4.79 Å². The van der Waals surface area contributed by atoms with Crippen LogP contribution in [0.1, 0.15) is 34.9 Å². The topological polar surface area (TPSA) is 78.4 Å². The van der Waals surface area contributed by atoms with Crippen LogP contribution in [-0.2, 0) is 0 Å². The van der Waals surface area contributed by atoms with Gasteiger partial charge in [0.1, 0.15) is 12.1 Å². The van der Waals surface area contributed by atoms with Crippen molar-refractivity contribution < 1.29 is 4.79 Å². The fraction of sp³-hybridized carbons (Fsp3) is 0.550. The number of hydrogen-bond acceptors (Lipinski definition) is 7. The summed E-state index contributed by atoms with van der Waals surface area (Å²) in [5.41, 5.74) is 1.60. The van der Waals surface area contributed by atoms with E-state index in [0.29, 0.717) is 23.4 Å². The Hall–Kier alpha value is -2.77. The lowest BCUT2D eigenvalue weighted by molar-refractivity contribution is 0.0775. The Morgan fingerprint density at radius 1 is 1.04 bits per heavy atom. The average molecular weight is 379 g/mol. The summed E-state index contributed by atoms with van der Waals surface area (Å²) >= 11 is 0. The summed E-state index contributed by atoms with van der Waals surface area (Å²) in [7, 11) is 3.81. The highest BCUT2D eigenvalue weighted by Gasteiger charge is 2.42. The zero-order valence-electron chi connectivity index (χ0n) is 16.3. The molecule has 0 aromatic carbocycles. The second-order valence-electron chi connectivity index (χ2n) is 8.38. The van der Waals surface area contributed by atoms with Crippen LogP contribution in [-0.4, -0.2) is 71.2 Å². The van der Waals surface area contributed by atoms with E-state index in [1.165, 1.54) is 18.5 Å². The van der Waals surface area contributed by atoms with Crippen LogP contribution in [0.5, 0.6) is 0 Å². The molecule has 0 N–H and O–H groups in total. The molecule has 2 aromatic rings. The van der Waals surface area contributed by atoms with E-state index in [0.717, 1.165) is 37.8 Å². The van der Waals surface area contributed by atoms with Gasteiger partial charge in [0.15, 0.2) is 11.5 Å². The first kappa shape index (κ1) is 17.3. The molecule has 1 amide bonds. The third-order valence-electron chi connectivity index (χ3n) is 6.09. The number of fused-ring (bicyclic) bond motifs is 1. The summed E-state index contributed by atoms with van der Waals surface area (Å²) in [6, 6.07) is 5.76. The van der Waals surface area contributed by atoms with Crippen LogP contribution < -0.4 is 9.80 Å². The largest absolute Gasteiger partial charge is 0.361 e. The SMILES string of the molecule is CN(C)c1ccc(C(=O)N2CC3CN(c4cc(C5CC5)ncn4)CC3C2)nn1. The van der Waals surface area contributed by atoms with Crippen molar-refractivity contribution in [2.24, 2.45) is 11.8 Å². The highest BCUT2D eigenvalue weighted by Crippen LogP contribution is 2.40. The molecule has 2 aliphatic heterocycles. The smallest absolute Gasteiger partial charge is 0.274 e. The lowest BCUT2D eigenvalue weighted by Gasteiger charge is -2.22. The van der Waals surface area contributed by atoms with Gasteiger partial charge in [0.25, 0.3) is 5.91 Å². The number of carbonyl (C=O) groups excluding carboxylic acids is 1. The molecule has 2 atom stereocenters. The van der Waals surface area contributed by atoms with Crippen molar-refractivity contribution in [2.75, 3.05) is 50.1 Å². The third-order valence-corrected chi connectivity index (χ3v) is 6.09. The summed E-state index contributed by atoms with van der Waals surface area (Å²) in [5, 5.41) is 8.25. The summed E-state index contributed by atoms with van der Waals surface area (Å²) in [6.07, 6.45) is 4.19. The number of hydrogen-bond donors (Lipinski definition) is 0. The monoisotopic (exact) mass is 379 g/mol. The number of anilines is 2. The first-order valence-corrected chi connectivity index (χ1v) is 9.95. The van der Waals surface area contributed by atoms with Crippen LogP contribution in [0, 0.1) is 11.8 Å². The number of carbonyl (C=O) groups is 1. The second-order valence-corrected chi connectivity index (χ2v) is 8.38. The minimum atomic E-state index is -0.0168. The maximum absolute atomic E-state index is 12.8. The van der Waals surface area contributed by atoms with Crippen LogP contribution in [0.2, 0.25) is 0 Å². The van der Waals surface area contributed by atoms with Crippen LogP contribution >= 0.6 is 0 Å². The lowest BCUT2D eigenvalue weighted by Crippen LogP contribution is -2.34. The van der Waals surface area contributed by atoms with E-state index in [9.17, 15) is 4.79 Å². The van der Waals surface area contributed by atoms with Gasteiger partial charge in [0.05, 0.1) is 0 Å². The molecule has 1 saturated carbocycles. The van der Waals surface area contributed by atoms with Gasteiger partial charge in [0.2, 0.25) is 0 Å². The molecule has 3 fully saturated rings. The van der Waals surface area contributed by atoms with Gasteiger partial charge in [0, 0.05) is 69.8 Å². The molecule has 146 valence electrons. The quantitative estimate of drug-likeness (QED) is 0.795. The van der Waals surface area contributed by atoms with E-state index in [1.54, 1.807) is 12.4 Å². The Labute approximate surface area is 164 Å². The van der Waals surface area contributed by atoms with E-state index < -0.39 is 0 Å². The number of rotatable bonds is 4. The van der Waals surface area contributed by atoms with E-state index in [-0.39, 0.29) is 5.91 Å². The van der Waals surface area contributed by atoms with Gasteiger partial charge < -0.3 is 14.7 Å². The molecule has 8 heteroatoms. The normalized spacial score (nSPS) is 23.8. The molecule has 0 radical (unpaired) electrons. The molecular formula is C20H25N7O. The molecule has 3 aliphatic rings. The molecule has 2 unspecified atom stereocenters. The van der Waals surface area contributed by atoms with Crippen LogP contribution in [0.15, 0.2) is 24.5 Å². The van der Waals surface area contributed by atoms with Crippen LogP contribution in [0.3, 0.4) is 0 Å². The van der Waals surface area contributed by atoms with E-state index >= 15 is 0 Å². The first-order valence-electron chi connectivity index (χ1n) is 9.95. The second kappa shape index (κ2) is 6.68. The van der Waals surface area contributed by atoms with Crippen molar-refractivity contribution >= 4 is 17.5 Å². The van der Waals surface area contributed by atoms with Gasteiger partial charge in [-0.2, -0.15) is 0 Å². The van der Waals surface area contributed by atoms with Gasteiger partial charge >= 0.3 is 0 Å².